The number of aromatic nitrogens is 5. The van der Waals surface area contributed by atoms with Gasteiger partial charge in [-0.15, -0.1) is 0 Å². The Morgan fingerprint density at radius 2 is 2.03 bits per heavy atom. The summed E-state index contributed by atoms with van der Waals surface area (Å²) in [6, 6.07) is 5.40. The molecule has 5 rings (SSSR count). The molecule has 1 fully saturated rings. The number of pyridine rings is 1. The first-order chi connectivity index (χ1) is 14.8. The summed E-state index contributed by atoms with van der Waals surface area (Å²) in [5, 5.41) is 7.85. The molecule has 0 amide bonds. The molecule has 7 nitrogen and oxygen atoms in total. The molecule has 1 aliphatic carbocycles. The number of nitrogens with one attached hydrogen (secondary N) is 1. The topological polar surface area (TPSA) is 79.7 Å². The van der Waals surface area contributed by atoms with Crippen LogP contribution in [0.3, 0.4) is 0 Å². The Labute approximate surface area is 176 Å². The van der Waals surface area contributed by atoms with Crippen molar-refractivity contribution in [3.8, 4) is 11.3 Å². The molecule has 0 atom stereocenters. The normalized spacial score (nSPS) is 17.7. The summed E-state index contributed by atoms with van der Waals surface area (Å²) < 4.78 is 1.75. The summed E-state index contributed by atoms with van der Waals surface area (Å²) in [5.74, 6) is 0.512. The monoisotopic (exact) mass is 404 g/mol. The first-order valence-corrected chi connectivity index (χ1v) is 11.0. The molecule has 0 bridgehead atoms. The Morgan fingerprint density at radius 1 is 1.17 bits per heavy atom. The molecular formula is C23H28N6O. The molecule has 0 radical (unpaired) electrons. The Morgan fingerprint density at radius 3 is 2.83 bits per heavy atom. The van der Waals surface area contributed by atoms with E-state index in [4.69, 9.17) is 0 Å². The smallest absolute Gasteiger partial charge is 0.253 e. The van der Waals surface area contributed by atoms with E-state index in [0.717, 1.165) is 51.0 Å². The second-order valence-electron chi connectivity index (χ2n) is 8.56. The molecule has 4 heterocycles. The van der Waals surface area contributed by atoms with Crippen LogP contribution >= 0.6 is 0 Å². The van der Waals surface area contributed by atoms with Gasteiger partial charge in [0.05, 0.1) is 17.7 Å². The van der Waals surface area contributed by atoms with Gasteiger partial charge in [0, 0.05) is 42.8 Å². The zero-order chi connectivity index (χ0) is 20.3. The molecule has 156 valence electrons. The van der Waals surface area contributed by atoms with E-state index in [1.54, 1.807) is 29.4 Å². The largest absolute Gasteiger partial charge is 0.299 e. The number of aryl methyl sites for hydroxylation is 1. The fourth-order valence-corrected chi connectivity index (χ4v) is 4.73. The molecule has 0 spiro atoms. The lowest BCUT2D eigenvalue weighted by Gasteiger charge is -2.32. The highest BCUT2D eigenvalue weighted by Gasteiger charge is 2.23. The zero-order valence-electron chi connectivity index (χ0n) is 17.3. The van der Waals surface area contributed by atoms with E-state index >= 15 is 0 Å². The highest BCUT2D eigenvalue weighted by atomic mass is 16.1. The number of H-pyrrole nitrogens is 1. The van der Waals surface area contributed by atoms with Crippen LogP contribution in [-0.2, 0) is 25.9 Å². The van der Waals surface area contributed by atoms with Gasteiger partial charge in [-0.1, -0.05) is 0 Å². The molecule has 3 aromatic rings. The molecule has 0 unspecified atom stereocenters. The van der Waals surface area contributed by atoms with E-state index < -0.39 is 0 Å². The molecule has 1 aliphatic heterocycles. The van der Waals surface area contributed by atoms with Gasteiger partial charge < -0.3 is 0 Å². The number of aromatic amines is 1. The molecule has 7 heteroatoms. The van der Waals surface area contributed by atoms with Gasteiger partial charge in [0.2, 0.25) is 0 Å². The SMILES string of the molecule is O=c1cc(-c2cccnc2)ncn1CC1CCN(Cc2n[nH]c3c2CCCC3)CC1. The van der Waals surface area contributed by atoms with Crippen LogP contribution < -0.4 is 5.56 Å². The van der Waals surface area contributed by atoms with Gasteiger partial charge in [0.25, 0.3) is 5.56 Å². The van der Waals surface area contributed by atoms with Crippen molar-refractivity contribution in [3.63, 3.8) is 0 Å². The molecule has 0 saturated carbocycles. The first-order valence-electron chi connectivity index (χ1n) is 11.0. The van der Waals surface area contributed by atoms with E-state index in [-0.39, 0.29) is 5.56 Å². The Kier molecular flexibility index (Phi) is 5.45. The Balaban J connectivity index is 1.18. The first kappa shape index (κ1) is 19.2. The molecule has 30 heavy (non-hydrogen) atoms. The minimum absolute atomic E-state index is 0.00873. The third-order valence-electron chi connectivity index (χ3n) is 6.51. The maximum atomic E-state index is 12.6. The predicted octanol–water partition coefficient (Wildman–Crippen LogP) is 2.82. The number of nitrogens with zero attached hydrogens (tertiary/aromatic N) is 5. The average molecular weight is 405 g/mol. The summed E-state index contributed by atoms with van der Waals surface area (Å²) >= 11 is 0. The summed E-state index contributed by atoms with van der Waals surface area (Å²) in [6.07, 6.45) is 12.2. The van der Waals surface area contributed by atoms with Crippen molar-refractivity contribution in [1.29, 1.82) is 0 Å². The van der Waals surface area contributed by atoms with Crippen LogP contribution in [0.2, 0.25) is 0 Å². The molecule has 1 saturated heterocycles. The van der Waals surface area contributed by atoms with Crippen molar-refractivity contribution in [2.45, 2.75) is 51.6 Å². The highest BCUT2D eigenvalue weighted by Crippen LogP contribution is 2.25. The molecule has 3 aromatic heterocycles. The van der Waals surface area contributed by atoms with Crippen LogP contribution in [0, 0.1) is 5.92 Å². The van der Waals surface area contributed by atoms with Crippen LogP contribution in [0.4, 0.5) is 0 Å². The average Bonchev–Trinajstić information content (AvgIpc) is 3.20. The third-order valence-corrected chi connectivity index (χ3v) is 6.51. The maximum Gasteiger partial charge on any atom is 0.253 e. The Bertz CT molecular complexity index is 1050. The van der Waals surface area contributed by atoms with Crippen LogP contribution in [0.5, 0.6) is 0 Å². The fraction of sp³-hybridized carbons (Fsp3) is 0.478. The second-order valence-corrected chi connectivity index (χ2v) is 8.56. The summed E-state index contributed by atoms with van der Waals surface area (Å²) in [4.78, 5) is 23.7. The number of hydrogen-bond donors (Lipinski definition) is 1. The summed E-state index contributed by atoms with van der Waals surface area (Å²) in [7, 11) is 0. The number of rotatable bonds is 5. The van der Waals surface area contributed by atoms with E-state index in [1.807, 2.05) is 12.1 Å². The number of hydrogen-bond acceptors (Lipinski definition) is 5. The second kappa shape index (κ2) is 8.52. The van der Waals surface area contributed by atoms with E-state index in [2.05, 4.69) is 25.1 Å². The van der Waals surface area contributed by atoms with Crippen molar-refractivity contribution in [2.24, 2.45) is 5.92 Å². The quantitative estimate of drug-likeness (QED) is 0.707. The highest BCUT2D eigenvalue weighted by molar-refractivity contribution is 5.56. The maximum absolute atomic E-state index is 12.6. The molecule has 2 aliphatic rings. The Hall–Kier alpha value is -2.80. The van der Waals surface area contributed by atoms with Crippen molar-refractivity contribution in [2.75, 3.05) is 13.1 Å². The van der Waals surface area contributed by atoms with Gasteiger partial charge in [0.1, 0.15) is 0 Å². The van der Waals surface area contributed by atoms with Crippen LogP contribution in [-0.4, -0.2) is 42.7 Å². The summed E-state index contributed by atoms with van der Waals surface area (Å²) in [6.45, 7) is 3.80. The van der Waals surface area contributed by atoms with Crippen LogP contribution in [0.15, 0.2) is 41.7 Å². The van der Waals surface area contributed by atoms with Crippen LogP contribution in [0.1, 0.15) is 42.6 Å². The standard InChI is InChI=1S/C23H28N6O/c30-23-12-21(18-4-3-9-24-13-18)25-16-29(23)14-17-7-10-28(11-8-17)15-22-19-5-1-2-6-20(19)26-27-22/h3-4,9,12-13,16-17H,1-2,5-8,10-11,14-15H2,(H,26,27). The molecular weight excluding hydrogens is 376 g/mol. The van der Waals surface area contributed by atoms with Crippen molar-refractivity contribution >= 4 is 0 Å². The fourth-order valence-electron chi connectivity index (χ4n) is 4.73. The van der Waals surface area contributed by atoms with E-state index in [9.17, 15) is 4.79 Å². The number of fused-ring (bicyclic) bond motifs is 1. The minimum Gasteiger partial charge on any atom is -0.299 e. The van der Waals surface area contributed by atoms with Gasteiger partial charge >= 0.3 is 0 Å². The van der Waals surface area contributed by atoms with Crippen molar-refractivity contribution < 1.29 is 0 Å². The van der Waals surface area contributed by atoms with E-state index in [1.165, 1.54) is 36.2 Å². The number of piperidine rings is 1. The molecule has 1 N–H and O–H groups in total. The van der Waals surface area contributed by atoms with Gasteiger partial charge in [0.15, 0.2) is 0 Å². The zero-order valence-corrected chi connectivity index (χ0v) is 17.3. The van der Waals surface area contributed by atoms with Crippen molar-refractivity contribution in [1.82, 2.24) is 29.6 Å². The van der Waals surface area contributed by atoms with Gasteiger partial charge in [-0.2, -0.15) is 5.10 Å². The number of likely N-dealkylation sites (tertiary alicyclic amines) is 1. The lowest BCUT2D eigenvalue weighted by molar-refractivity contribution is 0.164. The van der Waals surface area contributed by atoms with Gasteiger partial charge in [-0.25, -0.2) is 4.98 Å². The predicted molar refractivity (Wildman–Crippen MR) is 115 cm³/mol. The third kappa shape index (κ3) is 4.07. The lowest BCUT2D eigenvalue weighted by atomic mass is 9.94. The lowest BCUT2D eigenvalue weighted by Crippen LogP contribution is -2.36. The van der Waals surface area contributed by atoms with Gasteiger partial charge in [-0.05, 0) is 75.2 Å². The van der Waals surface area contributed by atoms with Crippen molar-refractivity contribution in [3.05, 3.63) is 64.2 Å². The van der Waals surface area contributed by atoms with Crippen LogP contribution in [0.25, 0.3) is 11.3 Å². The summed E-state index contributed by atoms with van der Waals surface area (Å²) in [5.41, 5.74) is 5.63. The molecule has 0 aromatic carbocycles. The van der Waals surface area contributed by atoms with Gasteiger partial charge in [-0.3, -0.25) is 24.3 Å². The van der Waals surface area contributed by atoms with E-state index in [0.29, 0.717) is 11.6 Å². The minimum atomic E-state index is 0.00873.